The van der Waals surface area contributed by atoms with E-state index in [4.69, 9.17) is 0 Å². The number of rotatable bonds is 13. The third kappa shape index (κ3) is 17.9. The van der Waals surface area contributed by atoms with Gasteiger partial charge in [-0.1, -0.05) is 41.9 Å². The summed E-state index contributed by atoms with van der Waals surface area (Å²) in [4.78, 5) is 20.8. The standard InChI is InChI=1S/C20H37O4P/c1-17(2)9-6-10-18(3)11-7-12-19(4)13-8-14-20(5)15-16-24-25(21,22)23/h9,11,13,20H,6-8,10,12,14-16H2,1-5H3,(H2,21,22,23)/p-2/b18-11-,19-13-/t20-/m0/s1. The molecular formula is C20H35O4P-2. The van der Waals surface area contributed by atoms with Crippen molar-refractivity contribution in [2.75, 3.05) is 6.61 Å². The van der Waals surface area contributed by atoms with Crippen LogP contribution in [-0.2, 0) is 9.09 Å². The van der Waals surface area contributed by atoms with Crippen molar-refractivity contribution < 1.29 is 18.9 Å². The van der Waals surface area contributed by atoms with Gasteiger partial charge in [0.1, 0.15) is 0 Å². The molecule has 0 aromatic rings. The van der Waals surface area contributed by atoms with Gasteiger partial charge in [-0.05, 0) is 78.6 Å². The van der Waals surface area contributed by atoms with Crippen molar-refractivity contribution in [3.63, 3.8) is 0 Å². The highest BCUT2D eigenvalue weighted by Crippen LogP contribution is 2.25. The Morgan fingerprint density at radius 2 is 1.44 bits per heavy atom. The van der Waals surface area contributed by atoms with Crippen LogP contribution in [-0.4, -0.2) is 6.61 Å². The molecule has 1 atom stereocenters. The van der Waals surface area contributed by atoms with Gasteiger partial charge in [-0.15, -0.1) is 0 Å². The zero-order valence-electron chi connectivity index (χ0n) is 16.5. The van der Waals surface area contributed by atoms with Gasteiger partial charge in [-0.25, -0.2) is 0 Å². The van der Waals surface area contributed by atoms with Crippen molar-refractivity contribution in [1.29, 1.82) is 0 Å². The minimum absolute atomic E-state index is 0.00897. The maximum absolute atomic E-state index is 10.4. The van der Waals surface area contributed by atoms with E-state index in [1.807, 2.05) is 6.92 Å². The van der Waals surface area contributed by atoms with E-state index in [-0.39, 0.29) is 6.61 Å². The average molecular weight is 370 g/mol. The Kier molecular flexibility index (Phi) is 13.2. The summed E-state index contributed by atoms with van der Waals surface area (Å²) in [5.74, 6) is 0.341. The number of phosphoric ester groups is 1. The van der Waals surface area contributed by atoms with E-state index < -0.39 is 7.82 Å². The summed E-state index contributed by atoms with van der Waals surface area (Å²) < 4.78 is 14.6. The number of phosphoric acid groups is 1. The van der Waals surface area contributed by atoms with Gasteiger partial charge in [0.25, 0.3) is 0 Å². The van der Waals surface area contributed by atoms with Gasteiger partial charge >= 0.3 is 0 Å². The Balaban J connectivity index is 3.90. The fourth-order valence-corrected chi connectivity index (χ4v) is 2.79. The van der Waals surface area contributed by atoms with Crippen molar-refractivity contribution in [3.8, 4) is 0 Å². The van der Waals surface area contributed by atoms with Gasteiger partial charge in [0.15, 0.2) is 0 Å². The largest absolute Gasteiger partial charge is 0.790 e. The van der Waals surface area contributed by atoms with E-state index in [0.717, 1.165) is 38.5 Å². The highest BCUT2D eigenvalue weighted by molar-refractivity contribution is 7.43. The van der Waals surface area contributed by atoms with Crippen LogP contribution in [0.3, 0.4) is 0 Å². The molecule has 146 valence electrons. The van der Waals surface area contributed by atoms with Crippen molar-refractivity contribution >= 4 is 7.82 Å². The van der Waals surface area contributed by atoms with Crippen molar-refractivity contribution in [2.45, 2.75) is 79.6 Å². The van der Waals surface area contributed by atoms with Crippen molar-refractivity contribution in [3.05, 3.63) is 34.9 Å². The molecule has 0 aromatic heterocycles. The molecule has 0 N–H and O–H groups in total. The van der Waals surface area contributed by atoms with Gasteiger partial charge in [0.05, 0.1) is 14.4 Å². The molecule has 0 aliphatic heterocycles. The third-order valence-corrected chi connectivity index (χ3v) is 4.63. The third-order valence-electron chi connectivity index (χ3n) is 4.14. The fraction of sp³-hybridized carbons (Fsp3) is 0.700. The Hall–Kier alpha value is -0.670. The lowest BCUT2D eigenvalue weighted by Gasteiger charge is -2.29. The maximum Gasteiger partial charge on any atom is 0.0596 e. The molecule has 0 heterocycles. The second-order valence-electron chi connectivity index (χ2n) is 7.21. The van der Waals surface area contributed by atoms with Gasteiger partial charge in [-0.2, -0.15) is 0 Å². The first-order valence-electron chi connectivity index (χ1n) is 9.21. The Morgan fingerprint density at radius 3 is 1.96 bits per heavy atom. The molecule has 0 amide bonds. The second-order valence-corrected chi connectivity index (χ2v) is 8.36. The lowest BCUT2D eigenvalue weighted by molar-refractivity contribution is -0.341. The van der Waals surface area contributed by atoms with Crippen LogP contribution < -0.4 is 9.79 Å². The molecule has 0 unspecified atom stereocenters. The quantitative estimate of drug-likeness (QED) is 0.336. The zero-order chi connectivity index (χ0) is 19.3. The normalized spacial score (nSPS) is 14.5. The maximum atomic E-state index is 10.4. The molecule has 0 radical (unpaired) electrons. The van der Waals surface area contributed by atoms with Gasteiger partial charge in [0.2, 0.25) is 0 Å². The van der Waals surface area contributed by atoms with Crippen LogP contribution in [0.4, 0.5) is 0 Å². The van der Waals surface area contributed by atoms with Crippen LogP contribution in [0.25, 0.3) is 0 Å². The van der Waals surface area contributed by atoms with Gasteiger partial charge in [0, 0.05) is 0 Å². The molecule has 0 spiro atoms. The molecule has 0 aliphatic carbocycles. The minimum Gasteiger partial charge on any atom is -0.790 e. The van der Waals surface area contributed by atoms with Crippen LogP contribution in [0.1, 0.15) is 79.6 Å². The molecule has 5 heteroatoms. The Bertz CT molecular complexity index is 496. The summed E-state index contributed by atoms with van der Waals surface area (Å²) in [6.45, 7) is 10.7. The molecule has 4 nitrogen and oxygen atoms in total. The molecule has 25 heavy (non-hydrogen) atoms. The minimum atomic E-state index is -4.82. The first-order valence-corrected chi connectivity index (χ1v) is 10.7. The van der Waals surface area contributed by atoms with E-state index >= 15 is 0 Å². The average Bonchev–Trinajstić information content (AvgIpc) is 2.45. The summed E-state index contributed by atoms with van der Waals surface area (Å²) >= 11 is 0. The highest BCUT2D eigenvalue weighted by atomic mass is 31.2. The summed E-state index contributed by atoms with van der Waals surface area (Å²) in [5.41, 5.74) is 4.22. The monoisotopic (exact) mass is 370 g/mol. The summed E-state index contributed by atoms with van der Waals surface area (Å²) in [6.07, 6.45) is 13.8. The van der Waals surface area contributed by atoms with Gasteiger partial charge in [-0.3, -0.25) is 0 Å². The SMILES string of the molecule is CC(C)=CCC/C(C)=C\CC/C(C)=C\CC[C@H](C)CCOP(=O)([O-])[O-]. The van der Waals surface area contributed by atoms with E-state index in [1.54, 1.807) is 0 Å². The van der Waals surface area contributed by atoms with Crippen LogP contribution in [0.5, 0.6) is 0 Å². The van der Waals surface area contributed by atoms with Crippen LogP contribution in [0, 0.1) is 5.92 Å². The predicted octanol–water partition coefficient (Wildman–Crippen LogP) is 5.06. The molecule has 0 fully saturated rings. The lowest BCUT2D eigenvalue weighted by atomic mass is 10.0. The summed E-state index contributed by atoms with van der Waals surface area (Å²) in [6, 6.07) is 0. The number of hydrogen-bond acceptors (Lipinski definition) is 4. The molecule has 0 aromatic carbocycles. The first-order chi connectivity index (χ1) is 11.6. The van der Waals surface area contributed by atoms with E-state index in [1.165, 1.54) is 16.7 Å². The number of hydrogen-bond donors (Lipinski definition) is 0. The van der Waals surface area contributed by atoms with E-state index in [9.17, 15) is 14.4 Å². The molecular weight excluding hydrogens is 335 g/mol. The highest BCUT2D eigenvalue weighted by Gasteiger charge is 2.02. The molecule has 0 saturated carbocycles. The smallest absolute Gasteiger partial charge is 0.0596 e. The van der Waals surface area contributed by atoms with E-state index in [2.05, 4.69) is 50.4 Å². The Labute approximate surface area is 154 Å². The summed E-state index contributed by atoms with van der Waals surface area (Å²) in [5, 5.41) is 0. The van der Waals surface area contributed by atoms with Crippen LogP contribution in [0.15, 0.2) is 34.9 Å². The molecule has 0 bridgehead atoms. The topological polar surface area (TPSA) is 72.4 Å². The second kappa shape index (κ2) is 13.5. The van der Waals surface area contributed by atoms with Crippen LogP contribution in [0.2, 0.25) is 0 Å². The van der Waals surface area contributed by atoms with Crippen molar-refractivity contribution in [1.82, 2.24) is 0 Å². The molecule has 0 saturated heterocycles. The zero-order valence-corrected chi connectivity index (χ0v) is 17.4. The molecule has 0 aliphatic rings. The first kappa shape index (κ1) is 24.3. The Morgan fingerprint density at radius 1 is 0.920 bits per heavy atom. The van der Waals surface area contributed by atoms with Crippen LogP contribution >= 0.6 is 7.82 Å². The predicted molar refractivity (Wildman–Crippen MR) is 102 cm³/mol. The van der Waals surface area contributed by atoms with Gasteiger partial charge < -0.3 is 18.9 Å². The molecule has 0 rings (SSSR count). The van der Waals surface area contributed by atoms with Crippen molar-refractivity contribution in [2.24, 2.45) is 5.92 Å². The fourth-order valence-electron chi connectivity index (χ4n) is 2.46. The number of allylic oxidation sites excluding steroid dienone is 6. The summed E-state index contributed by atoms with van der Waals surface area (Å²) in [7, 11) is -4.82. The lowest BCUT2D eigenvalue weighted by Crippen LogP contribution is -2.17. The van der Waals surface area contributed by atoms with E-state index in [0.29, 0.717) is 12.3 Å².